The summed E-state index contributed by atoms with van der Waals surface area (Å²) >= 11 is 0. The Hall–Kier alpha value is -1.98. The molecule has 1 atom stereocenters. The molecular formula is C24H36N4O. The summed E-state index contributed by atoms with van der Waals surface area (Å²) < 4.78 is 0. The summed E-state index contributed by atoms with van der Waals surface area (Å²) in [6, 6.07) is 8.77. The van der Waals surface area contributed by atoms with Gasteiger partial charge in [0.1, 0.15) is 11.6 Å². The van der Waals surface area contributed by atoms with E-state index >= 15 is 0 Å². The Morgan fingerprint density at radius 2 is 1.66 bits per heavy atom. The summed E-state index contributed by atoms with van der Waals surface area (Å²) in [5, 5.41) is 10.2. The molecule has 5 heteroatoms. The molecule has 0 aliphatic carbocycles. The van der Waals surface area contributed by atoms with Crippen LogP contribution in [0, 0.1) is 19.8 Å². The van der Waals surface area contributed by atoms with Crippen molar-refractivity contribution in [1.29, 1.82) is 0 Å². The highest BCUT2D eigenvalue weighted by molar-refractivity contribution is 5.52. The van der Waals surface area contributed by atoms with E-state index < -0.39 is 0 Å². The van der Waals surface area contributed by atoms with Gasteiger partial charge in [-0.25, -0.2) is 9.97 Å². The Bertz CT molecular complexity index is 795. The molecule has 1 N–H and O–H groups in total. The van der Waals surface area contributed by atoms with Crippen LogP contribution in [0.5, 0.6) is 0 Å². The van der Waals surface area contributed by atoms with Gasteiger partial charge in [-0.05, 0) is 31.7 Å². The lowest BCUT2D eigenvalue weighted by Gasteiger charge is -2.37. The minimum absolute atomic E-state index is 0.258. The van der Waals surface area contributed by atoms with E-state index in [-0.39, 0.29) is 6.10 Å². The molecule has 3 rings (SSSR count). The molecule has 2 aromatic rings. The van der Waals surface area contributed by atoms with E-state index in [4.69, 9.17) is 9.97 Å². The van der Waals surface area contributed by atoms with Gasteiger partial charge >= 0.3 is 0 Å². The molecule has 0 spiro atoms. The van der Waals surface area contributed by atoms with Gasteiger partial charge in [-0.1, -0.05) is 50.6 Å². The van der Waals surface area contributed by atoms with Crippen molar-refractivity contribution in [3.05, 3.63) is 52.5 Å². The van der Waals surface area contributed by atoms with Crippen LogP contribution < -0.4 is 4.90 Å². The van der Waals surface area contributed by atoms with E-state index in [2.05, 4.69) is 61.8 Å². The van der Waals surface area contributed by atoms with Crippen molar-refractivity contribution in [3.8, 4) is 0 Å². The number of hydrogen-bond donors (Lipinski definition) is 1. The fourth-order valence-electron chi connectivity index (χ4n) is 3.90. The maximum Gasteiger partial charge on any atom is 0.136 e. The maximum absolute atomic E-state index is 10.2. The van der Waals surface area contributed by atoms with Crippen LogP contribution in [-0.4, -0.2) is 58.8 Å². The third-order valence-electron chi connectivity index (χ3n) is 5.91. The molecule has 1 fully saturated rings. The molecule has 5 nitrogen and oxygen atoms in total. The first kappa shape index (κ1) is 21.7. The topological polar surface area (TPSA) is 52.5 Å². The molecule has 0 radical (unpaired) electrons. The van der Waals surface area contributed by atoms with Crippen molar-refractivity contribution < 1.29 is 5.11 Å². The summed E-state index contributed by atoms with van der Waals surface area (Å²) in [4.78, 5) is 14.4. The monoisotopic (exact) mass is 396 g/mol. The number of rotatable bonds is 7. The van der Waals surface area contributed by atoms with E-state index in [0.29, 0.717) is 5.92 Å². The lowest BCUT2D eigenvalue weighted by atomic mass is 10.0. The van der Waals surface area contributed by atoms with E-state index in [1.807, 2.05) is 6.92 Å². The predicted octanol–water partition coefficient (Wildman–Crippen LogP) is 3.39. The van der Waals surface area contributed by atoms with E-state index in [0.717, 1.165) is 62.9 Å². The third-order valence-corrected chi connectivity index (χ3v) is 5.91. The molecule has 1 aliphatic rings. The van der Waals surface area contributed by atoms with Crippen molar-refractivity contribution in [3.63, 3.8) is 0 Å². The molecule has 158 valence electrons. The van der Waals surface area contributed by atoms with Gasteiger partial charge in [0.05, 0.1) is 6.10 Å². The van der Waals surface area contributed by atoms with Gasteiger partial charge in [-0.15, -0.1) is 0 Å². The van der Waals surface area contributed by atoms with Gasteiger partial charge in [0.2, 0.25) is 0 Å². The molecule has 2 heterocycles. The minimum atomic E-state index is -0.258. The van der Waals surface area contributed by atoms with Crippen LogP contribution >= 0.6 is 0 Å². The number of aromatic nitrogens is 2. The van der Waals surface area contributed by atoms with Crippen LogP contribution in [0.15, 0.2) is 24.3 Å². The van der Waals surface area contributed by atoms with Crippen LogP contribution in [-0.2, 0) is 12.8 Å². The second-order valence-corrected chi connectivity index (χ2v) is 8.63. The van der Waals surface area contributed by atoms with Crippen molar-refractivity contribution in [2.75, 3.05) is 37.6 Å². The average molecular weight is 397 g/mol. The van der Waals surface area contributed by atoms with Gasteiger partial charge in [0.25, 0.3) is 0 Å². The molecule has 29 heavy (non-hydrogen) atoms. The fraction of sp³-hybridized carbons (Fsp3) is 0.583. The summed E-state index contributed by atoms with van der Waals surface area (Å²) in [7, 11) is 0. The lowest BCUT2D eigenvalue weighted by Crippen LogP contribution is -2.49. The predicted molar refractivity (Wildman–Crippen MR) is 120 cm³/mol. The summed E-state index contributed by atoms with van der Waals surface area (Å²) in [5.41, 5.74) is 5.01. The van der Waals surface area contributed by atoms with Crippen molar-refractivity contribution in [1.82, 2.24) is 14.9 Å². The standard InChI is InChI=1S/C24H36N4O/c1-6-22-21(15-20-9-7-18(4)8-10-20)24(26-19(5)25-22)28-13-11-27(12-14-28)16-23(29)17(2)3/h7-10,17,23,29H,6,11-16H2,1-5H3. The molecule has 0 bridgehead atoms. The van der Waals surface area contributed by atoms with Crippen LogP contribution in [0.3, 0.4) is 0 Å². The van der Waals surface area contributed by atoms with Gasteiger partial charge in [-0.2, -0.15) is 0 Å². The molecule has 0 amide bonds. The van der Waals surface area contributed by atoms with Crippen molar-refractivity contribution in [2.24, 2.45) is 5.92 Å². The highest BCUT2D eigenvalue weighted by Gasteiger charge is 2.24. The fourth-order valence-corrected chi connectivity index (χ4v) is 3.90. The zero-order chi connectivity index (χ0) is 21.0. The minimum Gasteiger partial charge on any atom is -0.392 e. The number of anilines is 1. The Morgan fingerprint density at radius 1 is 1.00 bits per heavy atom. The van der Waals surface area contributed by atoms with Crippen LogP contribution in [0.1, 0.15) is 49.0 Å². The average Bonchev–Trinajstić information content (AvgIpc) is 2.71. The first-order valence-corrected chi connectivity index (χ1v) is 10.9. The quantitative estimate of drug-likeness (QED) is 0.777. The Morgan fingerprint density at radius 3 is 2.24 bits per heavy atom. The Balaban J connectivity index is 1.80. The van der Waals surface area contributed by atoms with E-state index in [1.165, 1.54) is 16.7 Å². The SMILES string of the molecule is CCc1nc(C)nc(N2CCN(CC(O)C(C)C)CC2)c1Cc1ccc(C)cc1. The number of nitrogens with zero attached hydrogens (tertiary/aromatic N) is 4. The van der Waals surface area contributed by atoms with Crippen LogP contribution in [0.2, 0.25) is 0 Å². The molecule has 0 saturated carbocycles. The van der Waals surface area contributed by atoms with E-state index in [1.54, 1.807) is 0 Å². The smallest absolute Gasteiger partial charge is 0.136 e. The zero-order valence-corrected chi connectivity index (χ0v) is 18.6. The number of aliphatic hydroxyl groups is 1. The molecule has 1 saturated heterocycles. The first-order chi connectivity index (χ1) is 13.9. The number of hydrogen-bond acceptors (Lipinski definition) is 5. The van der Waals surface area contributed by atoms with Gasteiger partial charge in [0, 0.05) is 50.4 Å². The number of piperazine rings is 1. The number of benzene rings is 1. The van der Waals surface area contributed by atoms with Gasteiger partial charge < -0.3 is 10.0 Å². The number of β-amino-alcohol motifs (C(OH)–C–C–N with tert-alkyl or cyclic N) is 1. The molecular weight excluding hydrogens is 360 g/mol. The van der Waals surface area contributed by atoms with Gasteiger partial charge in [-0.3, -0.25) is 4.90 Å². The van der Waals surface area contributed by atoms with Gasteiger partial charge in [0.15, 0.2) is 0 Å². The number of aryl methyl sites for hydroxylation is 3. The van der Waals surface area contributed by atoms with Crippen LogP contribution in [0.4, 0.5) is 5.82 Å². The molecule has 1 aromatic carbocycles. The zero-order valence-electron chi connectivity index (χ0n) is 18.6. The van der Waals surface area contributed by atoms with Crippen molar-refractivity contribution in [2.45, 2.75) is 53.6 Å². The summed E-state index contributed by atoms with van der Waals surface area (Å²) in [6.07, 6.45) is 1.52. The summed E-state index contributed by atoms with van der Waals surface area (Å²) in [5.74, 6) is 2.24. The van der Waals surface area contributed by atoms with Crippen molar-refractivity contribution >= 4 is 5.82 Å². The second kappa shape index (κ2) is 9.68. The Labute approximate surface area is 175 Å². The second-order valence-electron chi connectivity index (χ2n) is 8.63. The third kappa shape index (κ3) is 5.55. The summed E-state index contributed by atoms with van der Waals surface area (Å²) in [6.45, 7) is 15.0. The molecule has 1 aliphatic heterocycles. The Kier molecular flexibility index (Phi) is 7.25. The van der Waals surface area contributed by atoms with E-state index in [9.17, 15) is 5.11 Å². The number of aliphatic hydroxyl groups excluding tert-OH is 1. The van der Waals surface area contributed by atoms with Crippen LogP contribution in [0.25, 0.3) is 0 Å². The molecule has 1 aromatic heterocycles. The largest absolute Gasteiger partial charge is 0.392 e. The molecule has 1 unspecified atom stereocenters. The highest BCUT2D eigenvalue weighted by Crippen LogP contribution is 2.26. The normalized spacial score (nSPS) is 16.4. The highest BCUT2D eigenvalue weighted by atomic mass is 16.3. The lowest BCUT2D eigenvalue weighted by molar-refractivity contribution is 0.0738. The maximum atomic E-state index is 10.2. The first-order valence-electron chi connectivity index (χ1n) is 10.9.